The molecule has 0 saturated carbocycles. The Hall–Kier alpha value is -2.32. The van der Waals surface area contributed by atoms with Gasteiger partial charge in [0, 0.05) is 12.7 Å². The molecule has 0 spiro atoms. The second-order valence-corrected chi connectivity index (χ2v) is 7.93. The molecule has 0 saturated heterocycles. The lowest BCUT2D eigenvalue weighted by Crippen LogP contribution is -2.29. The van der Waals surface area contributed by atoms with E-state index in [9.17, 15) is 22.0 Å². The summed E-state index contributed by atoms with van der Waals surface area (Å²) in [5, 5.41) is 2.73. The van der Waals surface area contributed by atoms with Gasteiger partial charge in [0.15, 0.2) is 21.5 Å². The van der Waals surface area contributed by atoms with Crippen molar-refractivity contribution < 1.29 is 22.0 Å². The van der Waals surface area contributed by atoms with Gasteiger partial charge >= 0.3 is 0 Å². The van der Waals surface area contributed by atoms with Crippen LogP contribution in [0.5, 0.6) is 0 Å². The Balaban J connectivity index is 2.46. The van der Waals surface area contributed by atoms with Crippen LogP contribution in [0.25, 0.3) is 0 Å². The fourth-order valence-electron chi connectivity index (χ4n) is 2.47. The number of carbonyl (C=O) groups excluding carboxylic acids is 1. The summed E-state index contributed by atoms with van der Waals surface area (Å²) < 4.78 is 50.5. The molecule has 5 nitrogen and oxygen atoms in total. The summed E-state index contributed by atoms with van der Waals surface area (Å²) >= 11 is 0. The molecule has 0 aromatic heterocycles. The number of nitrogens with one attached hydrogen (secondary N) is 1. The van der Waals surface area contributed by atoms with Gasteiger partial charge in [0.2, 0.25) is 5.91 Å². The predicted molar refractivity (Wildman–Crippen MR) is 94.2 cm³/mol. The lowest BCUT2D eigenvalue weighted by atomic mass is 9.98. The molecule has 1 atom stereocenters. The van der Waals surface area contributed by atoms with E-state index in [4.69, 9.17) is 5.73 Å². The van der Waals surface area contributed by atoms with Crippen molar-refractivity contribution in [1.82, 2.24) is 5.32 Å². The minimum Gasteiger partial charge on any atom is -0.345 e. The zero-order chi connectivity index (χ0) is 19.3. The van der Waals surface area contributed by atoms with E-state index in [-0.39, 0.29) is 17.2 Å². The molecule has 3 N–H and O–H groups in total. The molecular weight excluding hydrogens is 362 g/mol. The van der Waals surface area contributed by atoms with Gasteiger partial charge in [-0.3, -0.25) is 4.79 Å². The van der Waals surface area contributed by atoms with Crippen molar-refractivity contribution in [3.8, 4) is 0 Å². The van der Waals surface area contributed by atoms with Gasteiger partial charge in [-0.15, -0.1) is 0 Å². The molecule has 0 fully saturated rings. The van der Waals surface area contributed by atoms with E-state index in [1.807, 2.05) is 0 Å². The number of rotatable bonds is 7. The lowest BCUT2D eigenvalue weighted by molar-refractivity contribution is -0.121. The van der Waals surface area contributed by atoms with Gasteiger partial charge in [0.1, 0.15) is 0 Å². The van der Waals surface area contributed by atoms with Gasteiger partial charge in [-0.1, -0.05) is 18.2 Å². The largest absolute Gasteiger partial charge is 0.345 e. The van der Waals surface area contributed by atoms with Crippen molar-refractivity contribution in [3.63, 3.8) is 0 Å². The fraction of sp³-hybridized carbons (Fsp3) is 0.278. The highest BCUT2D eigenvalue weighted by atomic mass is 32.2. The Labute approximate surface area is 151 Å². The minimum absolute atomic E-state index is 0.0683. The van der Waals surface area contributed by atoms with Crippen LogP contribution in [0.3, 0.4) is 0 Å². The third-order valence-corrected chi connectivity index (χ3v) is 4.92. The van der Waals surface area contributed by atoms with Crippen LogP contribution in [0.4, 0.5) is 8.78 Å². The van der Waals surface area contributed by atoms with Crippen LogP contribution in [0, 0.1) is 11.6 Å². The highest BCUT2D eigenvalue weighted by Crippen LogP contribution is 2.26. The molecule has 0 aliphatic heterocycles. The summed E-state index contributed by atoms with van der Waals surface area (Å²) in [5.74, 6) is -2.38. The van der Waals surface area contributed by atoms with E-state index in [0.29, 0.717) is 24.1 Å². The molecular formula is C18H20F2N2O3S. The number of halogens is 2. The monoisotopic (exact) mass is 382 g/mol. The number of amides is 1. The molecule has 2 aromatic rings. The molecule has 0 heterocycles. The van der Waals surface area contributed by atoms with Gasteiger partial charge < -0.3 is 11.1 Å². The molecule has 140 valence electrons. The zero-order valence-corrected chi connectivity index (χ0v) is 15.0. The number of hydrogen-bond donors (Lipinski definition) is 2. The highest BCUT2D eigenvalue weighted by molar-refractivity contribution is 7.90. The third kappa shape index (κ3) is 5.09. The van der Waals surface area contributed by atoms with Crippen molar-refractivity contribution >= 4 is 15.7 Å². The molecule has 0 radical (unpaired) electrons. The highest BCUT2D eigenvalue weighted by Gasteiger charge is 2.20. The van der Waals surface area contributed by atoms with E-state index in [0.717, 1.165) is 18.4 Å². The summed E-state index contributed by atoms with van der Waals surface area (Å²) in [6, 6.07) is 8.45. The van der Waals surface area contributed by atoms with Crippen molar-refractivity contribution in [3.05, 3.63) is 65.2 Å². The van der Waals surface area contributed by atoms with Crippen LogP contribution in [-0.2, 0) is 14.6 Å². The van der Waals surface area contributed by atoms with Crippen LogP contribution in [-0.4, -0.2) is 27.1 Å². The summed E-state index contributed by atoms with van der Waals surface area (Å²) in [6.07, 6.45) is 1.71. The molecule has 0 aliphatic rings. The molecule has 1 amide bonds. The molecule has 0 aliphatic carbocycles. The van der Waals surface area contributed by atoms with E-state index in [1.165, 1.54) is 24.3 Å². The SMILES string of the molecule is CS(=O)(=O)c1cccc(C(NC(=O)CCCN)c2ccc(F)c(F)c2)c1. The first kappa shape index (κ1) is 20.0. The van der Waals surface area contributed by atoms with Crippen LogP contribution >= 0.6 is 0 Å². The fourth-order valence-corrected chi connectivity index (χ4v) is 3.15. The Morgan fingerprint density at radius 3 is 2.42 bits per heavy atom. The Morgan fingerprint density at radius 1 is 1.12 bits per heavy atom. The standard InChI is InChI=1S/C18H20F2N2O3S/c1-26(24,25)14-5-2-4-12(10-14)18(22-17(23)6-3-9-21)13-7-8-15(19)16(20)11-13/h2,4-5,7-8,10-11,18H,3,6,9,21H2,1H3,(H,22,23). The van der Waals surface area contributed by atoms with Crippen molar-refractivity contribution in [2.75, 3.05) is 12.8 Å². The van der Waals surface area contributed by atoms with Crippen molar-refractivity contribution in [1.29, 1.82) is 0 Å². The Kier molecular flexibility index (Phi) is 6.44. The maximum Gasteiger partial charge on any atom is 0.220 e. The second-order valence-electron chi connectivity index (χ2n) is 5.91. The number of sulfone groups is 1. The summed E-state index contributed by atoms with van der Waals surface area (Å²) in [5.41, 5.74) is 6.14. The summed E-state index contributed by atoms with van der Waals surface area (Å²) in [7, 11) is -3.46. The van der Waals surface area contributed by atoms with Crippen LogP contribution < -0.4 is 11.1 Å². The number of carbonyl (C=O) groups is 1. The first-order chi connectivity index (χ1) is 12.2. The Bertz CT molecular complexity index is 901. The first-order valence-electron chi connectivity index (χ1n) is 7.97. The molecule has 2 aromatic carbocycles. The first-order valence-corrected chi connectivity index (χ1v) is 9.86. The maximum atomic E-state index is 13.7. The number of nitrogens with two attached hydrogens (primary N) is 1. The number of hydrogen-bond acceptors (Lipinski definition) is 4. The molecule has 26 heavy (non-hydrogen) atoms. The van der Waals surface area contributed by atoms with E-state index >= 15 is 0 Å². The van der Waals surface area contributed by atoms with Crippen molar-refractivity contribution in [2.24, 2.45) is 5.73 Å². The van der Waals surface area contributed by atoms with Gasteiger partial charge in [-0.05, 0) is 48.4 Å². The summed E-state index contributed by atoms with van der Waals surface area (Å²) in [4.78, 5) is 12.2. The lowest BCUT2D eigenvalue weighted by Gasteiger charge is -2.21. The number of benzene rings is 2. The zero-order valence-electron chi connectivity index (χ0n) is 14.2. The van der Waals surface area contributed by atoms with Crippen LogP contribution in [0.2, 0.25) is 0 Å². The third-order valence-electron chi connectivity index (χ3n) is 3.81. The molecule has 2 rings (SSSR count). The molecule has 8 heteroatoms. The van der Waals surface area contributed by atoms with Gasteiger partial charge in [0.05, 0.1) is 10.9 Å². The van der Waals surface area contributed by atoms with Crippen LogP contribution in [0.1, 0.15) is 30.0 Å². The normalized spacial score (nSPS) is 12.6. The molecule has 0 bridgehead atoms. The predicted octanol–water partition coefficient (Wildman–Crippen LogP) is 2.31. The average Bonchev–Trinajstić information content (AvgIpc) is 2.59. The minimum atomic E-state index is -3.46. The van der Waals surface area contributed by atoms with Gasteiger partial charge in [0.25, 0.3) is 0 Å². The van der Waals surface area contributed by atoms with Gasteiger partial charge in [-0.2, -0.15) is 0 Å². The topological polar surface area (TPSA) is 89.3 Å². The second kappa shape index (κ2) is 8.37. The van der Waals surface area contributed by atoms with Crippen molar-refractivity contribution in [2.45, 2.75) is 23.8 Å². The van der Waals surface area contributed by atoms with E-state index in [2.05, 4.69) is 5.32 Å². The maximum absolute atomic E-state index is 13.7. The van der Waals surface area contributed by atoms with E-state index < -0.39 is 27.5 Å². The molecule has 1 unspecified atom stereocenters. The van der Waals surface area contributed by atoms with Gasteiger partial charge in [-0.25, -0.2) is 17.2 Å². The van der Waals surface area contributed by atoms with E-state index in [1.54, 1.807) is 6.07 Å². The quantitative estimate of drug-likeness (QED) is 0.769. The Morgan fingerprint density at radius 2 is 1.81 bits per heavy atom. The average molecular weight is 382 g/mol. The summed E-state index contributed by atoms with van der Waals surface area (Å²) in [6.45, 7) is 0.340. The smallest absolute Gasteiger partial charge is 0.220 e. The van der Waals surface area contributed by atoms with Crippen LogP contribution in [0.15, 0.2) is 47.4 Å².